The molecule has 2 aliphatic carbocycles. The first-order valence-electron chi connectivity index (χ1n) is 17.6. The van der Waals surface area contributed by atoms with Crippen molar-refractivity contribution in [2.45, 2.75) is 49.5 Å². The van der Waals surface area contributed by atoms with Crippen molar-refractivity contribution in [3.8, 4) is 0 Å². The fourth-order valence-corrected chi connectivity index (χ4v) is 9.68. The number of nitrogens with one attached hydrogen (secondary N) is 5. The van der Waals surface area contributed by atoms with Gasteiger partial charge in [-0.1, -0.05) is 0 Å². The fourth-order valence-electron chi connectivity index (χ4n) is 9.68. The largest absolute Gasteiger partial charge is 0.449 e. The quantitative estimate of drug-likeness (QED) is 0.0519. The van der Waals surface area contributed by atoms with Crippen LogP contribution in [0.1, 0.15) is 13.8 Å². The van der Waals surface area contributed by atoms with Crippen molar-refractivity contribution >= 4 is 35.3 Å². The van der Waals surface area contributed by atoms with Crippen LogP contribution in [0, 0.1) is 11.8 Å². The van der Waals surface area contributed by atoms with Crippen LogP contribution in [0.4, 0.5) is 9.59 Å². The number of rotatable bonds is 14. The molecule has 53 heavy (non-hydrogen) atoms. The van der Waals surface area contributed by atoms with E-state index in [9.17, 15) is 28.8 Å². The molecule has 284 valence electrons. The van der Waals surface area contributed by atoms with Gasteiger partial charge in [-0.3, -0.25) is 19.2 Å². The standard InChI is InChI=1S/C34H43N9O10/c1-13-21(27(46)19-15(11-52-31(35)48)33(50-3)29-17(40-29)9-42(33)23(19)25(13)44)38-7-5-37-6-8-39-22-14(2)26(45)24-20(28(22)47)16(12-53-32(36)49)34(51-4)30-18(41-30)10-43(24)34/h15-18,29-30,37-41H,5-12H2,1-4H3,(H2,35,48)(H2,36,49)/t15-,16-,17+,18+,29+,30+,33-,34-/m1/s1. The van der Waals surface area contributed by atoms with Gasteiger partial charge in [-0.25, -0.2) is 9.59 Å². The highest BCUT2D eigenvalue weighted by molar-refractivity contribution is 6.26. The predicted octanol–water partition coefficient (Wildman–Crippen LogP) is -3.44. The van der Waals surface area contributed by atoms with Gasteiger partial charge < -0.3 is 66.8 Å². The van der Waals surface area contributed by atoms with Gasteiger partial charge in [0, 0.05) is 87.9 Å². The van der Waals surface area contributed by atoms with Crippen molar-refractivity contribution in [3.05, 3.63) is 45.1 Å². The molecular weight excluding hydrogens is 694 g/mol. The lowest BCUT2D eigenvalue weighted by molar-refractivity contribution is -0.137. The number of primary amides is 2. The molecule has 0 unspecified atom stereocenters. The molecule has 0 aromatic heterocycles. The second kappa shape index (κ2) is 12.4. The van der Waals surface area contributed by atoms with Gasteiger partial charge in [-0.2, -0.15) is 0 Å². The predicted molar refractivity (Wildman–Crippen MR) is 181 cm³/mol. The molecule has 6 heterocycles. The second-order valence-electron chi connectivity index (χ2n) is 14.4. The topological polar surface area (TPSA) is 278 Å². The highest BCUT2D eigenvalue weighted by Crippen LogP contribution is 2.57. The van der Waals surface area contributed by atoms with Crippen LogP contribution in [0.2, 0.25) is 0 Å². The highest BCUT2D eigenvalue weighted by Gasteiger charge is 2.74. The van der Waals surface area contributed by atoms with Crippen LogP contribution in [-0.4, -0.2) is 147 Å². The van der Waals surface area contributed by atoms with Crippen LogP contribution in [0.3, 0.4) is 0 Å². The van der Waals surface area contributed by atoms with E-state index in [2.05, 4.69) is 26.6 Å². The summed E-state index contributed by atoms with van der Waals surface area (Å²) in [6, 6.07) is -0.116. The molecule has 0 bridgehead atoms. The van der Waals surface area contributed by atoms with Crippen LogP contribution in [0.25, 0.3) is 0 Å². The number of amides is 2. The summed E-state index contributed by atoms with van der Waals surface area (Å²) in [5, 5.41) is 16.1. The molecule has 0 aromatic rings. The van der Waals surface area contributed by atoms with E-state index in [1.54, 1.807) is 13.8 Å². The number of allylic oxidation sites excluding steroid dienone is 4. The third-order valence-electron chi connectivity index (χ3n) is 12.1. The molecule has 6 aliphatic heterocycles. The average Bonchev–Trinajstić information content (AvgIpc) is 3.96. The molecule has 8 aliphatic rings. The number of carbonyl (C=O) groups excluding carboxylic acids is 6. The number of ketones is 4. The first-order valence-corrected chi connectivity index (χ1v) is 17.6. The number of fused-ring (bicyclic) bond motifs is 8. The number of carbonyl (C=O) groups is 6. The number of piperazine rings is 2. The fraction of sp³-hybridized carbons (Fsp3) is 0.588. The van der Waals surface area contributed by atoms with Crippen LogP contribution in [-0.2, 0) is 38.1 Å². The first-order chi connectivity index (χ1) is 25.3. The lowest BCUT2D eigenvalue weighted by Gasteiger charge is -2.39. The third kappa shape index (κ3) is 4.83. The van der Waals surface area contributed by atoms with Crippen molar-refractivity contribution in [1.29, 1.82) is 0 Å². The maximum absolute atomic E-state index is 14.0. The summed E-state index contributed by atoms with van der Waals surface area (Å²) in [4.78, 5) is 82.3. The van der Waals surface area contributed by atoms with Crippen LogP contribution < -0.4 is 38.1 Å². The summed E-state index contributed by atoms with van der Waals surface area (Å²) in [6.45, 7) is 5.04. The van der Waals surface area contributed by atoms with E-state index in [4.69, 9.17) is 30.4 Å². The van der Waals surface area contributed by atoms with E-state index in [1.807, 2.05) is 9.80 Å². The van der Waals surface area contributed by atoms with Crippen LogP contribution in [0.15, 0.2) is 45.1 Å². The molecule has 19 heteroatoms. The zero-order chi connectivity index (χ0) is 37.7. The Morgan fingerprint density at radius 1 is 0.698 bits per heavy atom. The minimum absolute atomic E-state index is 0.0878. The Balaban J connectivity index is 0.885. The van der Waals surface area contributed by atoms with E-state index >= 15 is 0 Å². The zero-order valence-electron chi connectivity index (χ0n) is 29.8. The zero-order valence-corrected chi connectivity index (χ0v) is 29.8. The molecule has 0 spiro atoms. The number of nitrogens with two attached hydrogens (primary N) is 2. The number of nitrogens with zero attached hydrogens (tertiary/aromatic N) is 2. The maximum atomic E-state index is 14.0. The molecule has 8 atom stereocenters. The van der Waals surface area contributed by atoms with E-state index in [-0.39, 0.29) is 119 Å². The number of ether oxygens (including phenoxy) is 4. The summed E-state index contributed by atoms with van der Waals surface area (Å²) in [5.74, 6) is -2.81. The van der Waals surface area contributed by atoms with Crippen molar-refractivity contribution in [2.24, 2.45) is 23.3 Å². The van der Waals surface area contributed by atoms with Gasteiger partial charge in [0.15, 0.2) is 11.4 Å². The van der Waals surface area contributed by atoms with Crippen molar-refractivity contribution in [2.75, 3.05) is 66.7 Å². The second-order valence-corrected chi connectivity index (χ2v) is 14.4. The van der Waals surface area contributed by atoms with Crippen LogP contribution in [0.5, 0.6) is 0 Å². The van der Waals surface area contributed by atoms with Crippen molar-refractivity contribution in [1.82, 2.24) is 36.4 Å². The molecule has 2 amide bonds. The molecular formula is C34H43N9O10. The maximum Gasteiger partial charge on any atom is 0.404 e. The molecule has 0 aromatic carbocycles. The minimum atomic E-state index is -1.06. The Hall–Kier alpha value is -4.82. The smallest absolute Gasteiger partial charge is 0.404 e. The van der Waals surface area contributed by atoms with E-state index in [1.165, 1.54) is 14.2 Å². The lowest BCUT2D eigenvalue weighted by atomic mass is 9.82. The summed E-state index contributed by atoms with van der Waals surface area (Å²) in [5.41, 5.74) is 10.3. The van der Waals surface area contributed by atoms with E-state index in [0.717, 1.165) is 0 Å². The molecule has 8 rings (SSSR count). The molecule has 4 saturated heterocycles. The Kier molecular flexibility index (Phi) is 8.22. The number of hydrogen-bond acceptors (Lipinski definition) is 17. The van der Waals surface area contributed by atoms with Gasteiger partial charge in [0.05, 0.1) is 46.7 Å². The Labute approximate surface area is 303 Å². The summed E-state index contributed by atoms with van der Waals surface area (Å²) in [6.07, 6.45) is -1.98. The molecule has 0 saturated carbocycles. The normalized spacial score (nSPS) is 34.6. The molecule has 9 N–H and O–H groups in total. The average molecular weight is 738 g/mol. The lowest BCUT2D eigenvalue weighted by Crippen LogP contribution is -2.55. The third-order valence-corrected chi connectivity index (χ3v) is 12.1. The van der Waals surface area contributed by atoms with Gasteiger partial charge >= 0.3 is 12.2 Å². The van der Waals surface area contributed by atoms with Crippen LogP contribution >= 0.6 is 0 Å². The van der Waals surface area contributed by atoms with Gasteiger partial charge in [-0.15, -0.1) is 0 Å². The Bertz CT molecular complexity index is 1760. The number of hydrogen-bond donors (Lipinski definition) is 7. The minimum Gasteiger partial charge on any atom is -0.449 e. The Morgan fingerprint density at radius 2 is 1.09 bits per heavy atom. The van der Waals surface area contributed by atoms with E-state index < -0.39 is 35.5 Å². The van der Waals surface area contributed by atoms with Gasteiger partial charge in [0.2, 0.25) is 23.1 Å². The summed E-state index contributed by atoms with van der Waals surface area (Å²) in [7, 11) is 3.03. The van der Waals surface area contributed by atoms with Gasteiger partial charge in [-0.05, 0) is 13.8 Å². The molecule has 0 radical (unpaired) electrons. The molecule has 19 nitrogen and oxygen atoms in total. The van der Waals surface area contributed by atoms with E-state index in [0.29, 0.717) is 26.2 Å². The Morgan fingerprint density at radius 3 is 1.45 bits per heavy atom. The van der Waals surface area contributed by atoms with Crippen molar-refractivity contribution in [3.63, 3.8) is 0 Å². The summed E-state index contributed by atoms with van der Waals surface area (Å²) < 4.78 is 22.4. The first kappa shape index (κ1) is 35.2. The van der Waals surface area contributed by atoms with Gasteiger partial charge in [0.25, 0.3) is 0 Å². The number of Topliss-reactive ketones (excluding diaryl/α,β-unsaturated/α-hetero) is 4. The highest BCUT2D eigenvalue weighted by atomic mass is 16.6. The monoisotopic (exact) mass is 737 g/mol. The molecule has 4 fully saturated rings. The van der Waals surface area contributed by atoms with Crippen molar-refractivity contribution < 1.29 is 47.7 Å². The number of methoxy groups -OCH3 is 2. The van der Waals surface area contributed by atoms with Gasteiger partial charge in [0.1, 0.15) is 13.2 Å². The summed E-state index contributed by atoms with van der Waals surface area (Å²) >= 11 is 0. The SMILES string of the molecule is CO[C@@]12[C@H](COC(N)=O)C3=C(C(=O)C(C)=C(NCCNCCNC4=C(C)C(=O)C5=C(C4=O)[C@@H](COC(N)=O)[C@@]4(OC)[C@H]6N[C@H]6CN54)C3=O)N1C[C@@H]1N[C@@H]12.